The van der Waals surface area contributed by atoms with Crippen molar-refractivity contribution in [3.63, 3.8) is 0 Å². The summed E-state index contributed by atoms with van der Waals surface area (Å²) in [6.45, 7) is 6.04. The fourth-order valence-corrected chi connectivity index (χ4v) is 2.32. The van der Waals surface area contributed by atoms with Crippen LogP contribution in [0.4, 0.5) is 0 Å². The number of fused-ring (bicyclic) bond motifs is 3. The van der Waals surface area contributed by atoms with E-state index in [4.69, 9.17) is 0 Å². The van der Waals surface area contributed by atoms with Crippen LogP contribution in [0.5, 0.6) is 0 Å². The first-order valence-corrected chi connectivity index (χ1v) is 7.87. The number of ketones is 1. The monoisotopic (exact) mass is 297 g/mol. The molecule has 0 unspecified atom stereocenters. The third kappa shape index (κ3) is 3.91. The number of imidazole rings is 1. The Morgan fingerprint density at radius 1 is 1.05 bits per heavy atom. The smallest absolute Gasteiger partial charge is 0.235 e. The quantitative estimate of drug-likeness (QED) is 0.719. The van der Waals surface area contributed by atoms with Crippen LogP contribution in [0.3, 0.4) is 0 Å². The minimum atomic E-state index is 0.412. The number of aryl methyl sites for hydroxylation is 1. The van der Waals surface area contributed by atoms with Gasteiger partial charge in [-0.25, -0.2) is 9.97 Å². The van der Waals surface area contributed by atoms with Crippen molar-refractivity contribution in [3.05, 3.63) is 42.2 Å². The van der Waals surface area contributed by atoms with E-state index in [1.165, 1.54) is 0 Å². The van der Waals surface area contributed by atoms with Crippen LogP contribution in [-0.4, -0.2) is 20.2 Å². The summed E-state index contributed by atoms with van der Waals surface area (Å²) >= 11 is 0. The molecule has 0 aliphatic heterocycles. The summed E-state index contributed by atoms with van der Waals surface area (Å²) in [5, 5.41) is 0. The molecule has 0 fully saturated rings. The third-order valence-corrected chi connectivity index (χ3v) is 3.38. The fourth-order valence-electron chi connectivity index (χ4n) is 2.32. The molecule has 3 aromatic rings. The number of aromatic nitrogens is 3. The summed E-state index contributed by atoms with van der Waals surface area (Å²) in [5.41, 5.74) is 3.09. The van der Waals surface area contributed by atoms with Gasteiger partial charge in [-0.05, 0) is 38.0 Å². The molecule has 3 rings (SSSR count). The topological polar surface area (TPSA) is 47.3 Å². The zero-order valence-electron chi connectivity index (χ0n) is 13.5. The molecule has 1 aromatic carbocycles. The Hall–Kier alpha value is -2.23. The van der Waals surface area contributed by atoms with Gasteiger partial charge in [-0.1, -0.05) is 26.0 Å². The highest BCUT2D eigenvalue weighted by Crippen LogP contribution is 2.14. The average Bonchev–Trinajstić information content (AvgIpc) is 2.85. The first-order valence-electron chi connectivity index (χ1n) is 7.87. The highest BCUT2D eigenvalue weighted by molar-refractivity contribution is 5.79. The van der Waals surface area contributed by atoms with Crippen LogP contribution in [-0.2, 0) is 4.79 Å². The van der Waals surface area contributed by atoms with Crippen LogP contribution < -0.4 is 0 Å². The van der Waals surface area contributed by atoms with Gasteiger partial charge in [0.1, 0.15) is 5.78 Å². The molecule has 0 aliphatic rings. The van der Waals surface area contributed by atoms with Crippen molar-refractivity contribution in [2.45, 2.75) is 46.5 Å². The summed E-state index contributed by atoms with van der Waals surface area (Å²) in [5.74, 6) is 1.18. The Balaban J connectivity index is 0.000000192. The second kappa shape index (κ2) is 7.69. The summed E-state index contributed by atoms with van der Waals surface area (Å²) in [4.78, 5) is 19.4. The van der Waals surface area contributed by atoms with Gasteiger partial charge >= 0.3 is 0 Å². The molecule has 2 heterocycles. The molecule has 0 radical (unpaired) electrons. The highest BCUT2D eigenvalue weighted by Gasteiger charge is 2.03. The molecule has 0 spiro atoms. The molecule has 0 atom stereocenters. The molecule has 0 saturated heterocycles. The predicted octanol–water partition coefficient (Wildman–Crippen LogP) is 4.35. The number of para-hydroxylation sites is 2. The maximum atomic E-state index is 10.6. The van der Waals surface area contributed by atoms with E-state index in [2.05, 4.69) is 9.97 Å². The summed E-state index contributed by atoms with van der Waals surface area (Å²) in [6, 6.07) is 10.0. The van der Waals surface area contributed by atoms with Gasteiger partial charge in [-0.15, -0.1) is 0 Å². The van der Waals surface area contributed by atoms with E-state index in [0.29, 0.717) is 5.78 Å². The molecule has 0 aliphatic carbocycles. The van der Waals surface area contributed by atoms with Crippen LogP contribution in [0.1, 0.15) is 45.2 Å². The van der Waals surface area contributed by atoms with Crippen molar-refractivity contribution in [2.75, 3.05) is 0 Å². The lowest BCUT2D eigenvalue weighted by Crippen LogP contribution is -1.93. The van der Waals surface area contributed by atoms with Gasteiger partial charge in [0.15, 0.2) is 0 Å². The number of rotatable bonds is 4. The Labute approximate surface area is 131 Å². The van der Waals surface area contributed by atoms with Gasteiger partial charge < -0.3 is 0 Å². The van der Waals surface area contributed by atoms with E-state index < -0.39 is 0 Å². The van der Waals surface area contributed by atoms with Crippen LogP contribution >= 0.6 is 0 Å². The lowest BCUT2D eigenvalue weighted by molar-refractivity contribution is -0.119. The highest BCUT2D eigenvalue weighted by atomic mass is 16.1. The Morgan fingerprint density at radius 3 is 2.41 bits per heavy atom. The minimum Gasteiger partial charge on any atom is -0.300 e. The number of benzene rings is 1. The Bertz CT molecular complexity index is 753. The molecule has 0 N–H and O–H groups in total. The molecule has 22 heavy (non-hydrogen) atoms. The second-order valence-corrected chi connectivity index (χ2v) is 5.38. The van der Waals surface area contributed by atoms with Crippen LogP contribution in [0, 0.1) is 6.92 Å². The molecule has 116 valence electrons. The minimum absolute atomic E-state index is 0.412. The maximum absolute atomic E-state index is 10.6. The standard InChI is InChI=1S/C11H9N3.C7H14O/c1-8-6-7-14-10-5-3-2-4-9(10)13-11(14)12-8;1-3-5-7(8)6-4-2/h2-7H,1H3;3-6H2,1-2H3. The second-order valence-electron chi connectivity index (χ2n) is 5.38. The largest absolute Gasteiger partial charge is 0.300 e. The molecule has 4 nitrogen and oxygen atoms in total. The number of carbonyl (C=O) groups excluding carboxylic acids is 1. The predicted molar refractivity (Wildman–Crippen MR) is 90.1 cm³/mol. The summed E-state index contributed by atoms with van der Waals surface area (Å²) in [7, 11) is 0. The summed E-state index contributed by atoms with van der Waals surface area (Å²) in [6.07, 6.45) is 5.55. The number of nitrogens with zero attached hydrogens (tertiary/aromatic N) is 3. The third-order valence-electron chi connectivity index (χ3n) is 3.38. The maximum Gasteiger partial charge on any atom is 0.235 e. The Morgan fingerprint density at radius 2 is 1.73 bits per heavy atom. The van der Waals surface area contributed by atoms with E-state index in [1.54, 1.807) is 0 Å². The Kier molecular flexibility index (Phi) is 5.64. The van der Waals surface area contributed by atoms with Crippen molar-refractivity contribution < 1.29 is 4.79 Å². The number of carbonyl (C=O) groups is 1. The molecule has 4 heteroatoms. The molecule has 0 bridgehead atoms. The number of Topliss-reactive ketones (excluding diaryl/α,β-unsaturated/α-hetero) is 1. The van der Waals surface area contributed by atoms with Gasteiger partial charge in [-0.2, -0.15) is 0 Å². The molecular weight excluding hydrogens is 274 g/mol. The normalized spacial score (nSPS) is 10.5. The lowest BCUT2D eigenvalue weighted by Gasteiger charge is -1.94. The van der Waals surface area contributed by atoms with Gasteiger partial charge in [0, 0.05) is 24.7 Å². The zero-order valence-corrected chi connectivity index (χ0v) is 13.5. The fraction of sp³-hybridized carbons (Fsp3) is 0.389. The molecular formula is C18H23N3O. The van der Waals surface area contributed by atoms with Crippen molar-refractivity contribution >= 4 is 22.6 Å². The first-order chi connectivity index (χ1) is 10.7. The van der Waals surface area contributed by atoms with Crippen molar-refractivity contribution in [1.29, 1.82) is 0 Å². The molecule has 2 aromatic heterocycles. The van der Waals surface area contributed by atoms with Gasteiger partial charge in [0.2, 0.25) is 5.78 Å². The summed E-state index contributed by atoms with van der Waals surface area (Å²) < 4.78 is 2.00. The van der Waals surface area contributed by atoms with E-state index in [0.717, 1.165) is 48.2 Å². The van der Waals surface area contributed by atoms with Crippen molar-refractivity contribution in [3.8, 4) is 0 Å². The van der Waals surface area contributed by atoms with E-state index in [-0.39, 0.29) is 0 Å². The number of hydrogen-bond donors (Lipinski definition) is 0. The van der Waals surface area contributed by atoms with Crippen molar-refractivity contribution in [2.24, 2.45) is 0 Å². The van der Waals surface area contributed by atoms with Crippen LogP contribution in [0.25, 0.3) is 16.8 Å². The number of hydrogen-bond acceptors (Lipinski definition) is 3. The van der Waals surface area contributed by atoms with E-state index in [9.17, 15) is 4.79 Å². The first kappa shape index (κ1) is 16.1. The average molecular weight is 297 g/mol. The van der Waals surface area contributed by atoms with Gasteiger partial charge in [0.05, 0.1) is 11.0 Å². The van der Waals surface area contributed by atoms with E-state index in [1.807, 2.05) is 61.7 Å². The van der Waals surface area contributed by atoms with Crippen LogP contribution in [0.15, 0.2) is 36.5 Å². The van der Waals surface area contributed by atoms with Crippen molar-refractivity contribution in [1.82, 2.24) is 14.4 Å². The molecule has 0 amide bonds. The van der Waals surface area contributed by atoms with Crippen LogP contribution in [0.2, 0.25) is 0 Å². The zero-order chi connectivity index (χ0) is 15.9. The SMILES string of the molecule is CCCC(=O)CCC.Cc1ccn2c(n1)nc1ccccc12. The lowest BCUT2D eigenvalue weighted by atomic mass is 10.1. The van der Waals surface area contributed by atoms with Gasteiger partial charge in [0.25, 0.3) is 0 Å². The van der Waals surface area contributed by atoms with Gasteiger partial charge in [-0.3, -0.25) is 9.20 Å². The molecule has 0 saturated carbocycles. The van der Waals surface area contributed by atoms with E-state index >= 15 is 0 Å².